The Morgan fingerprint density at radius 1 is 1.44 bits per heavy atom. The average Bonchev–Trinajstić information content (AvgIpc) is 3.07. The summed E-state index contributed by atoms with van der Waals surface area (Å²) in [5, 5.41) is 11.3. The number of nitrogens with zero attached hydrogens (tertiary/aromatic N) is 2. The number of benzene rings is 1. The molecule has 0 radical (unpaired) electrons. The molecule has 1 aliphatic carbocycles. The number of hydrogen-bond acceptors (Lipinski definition) is 2. The van der Waals surface area contributed by atoms with Crippen LogP contribution in [-0.4, -0.2) is 21.7 Å². The fourth-order valence-corrected chi connectivity index (χ4v) is 3.48. The normalized spacial score (nSPS) is 15.8. The van der Waals surface area contributed by atoms with Crippen LogP contribution in [0.2, 0.25) is 5.02 Å². The topological polar surface area (TPSA) is 74.6 Å². The predicted molar refractivity (Wildman–Crippen MR) is 91.7 cm³/mol. The van der Waals surface area contributed by atoms with Gasteiger partial charge >= 0.3 is 6.09 Å². The van der Waals surface area contributed by atoms with Gasteiger partial charge in [0.2, 0.25) is 0 Å². The molecule has 1 unspecified atom stereocenters. The third-order valence-electron chi connectivity index (χ3n) is 4.16. The zero-order chi connectivity index (χ0) is 18.3. The number of rotatable bonds is 3. The molecule has 132 valence electrons. The highest BCUT2D eigenvalue weighted by Gasteiger charge is 2.34. The number of carbonyl (C=O) groups excluding carboxylic acids is 1. The third kappa shape index (κ3) is 3.17. The van der Waals surface area contributed by atoms with E-state index in [0.717, 1.165) is 16.0 Å². The van der Waals surface area contributed by atoms with E-state index in [9.17, 15) is 14.0 Å². The number of halogens is 3. The van der Waals surface area contributed by atoms with Crippen LogP contribution in [0, 0.1) is 5.82 Å². The van der Waals surface area contributed by atoms with Gasteiger partial charge in [0, 0.05) is 30.6 Å². The summed E-state index contributed by atoms with van der Waals surface area (Å²) in [5.41, 5.74) is 2.01. The van der Waals surface area contributed by atoms with Gasteiger partial charge in [-0.3, -0.25) is 4.79 Å². The van der Waals surface area contributed by atoms with E-state index in [1.54, 1.807) is 17.8 Å². The number of aryl methyl sites for hydroxylation is 2. The number of anilines is 1. The lowest BCUT2D eigenvalue weighted by molar-refractivity contribution is 0.0996. The average molecular weight is 386 g/mol. The van der Waals surface area contributed by atoms with E-state index < -0.39 is 23.9 Å². The van der Waals surface area contributed by atoms with Crippen molar-refractivity contribution in [3.63, 3.8) is 0 Å². The van der Waals surface area contributed by atoms with Crippen LogP contribution in [0.25, 0.3) is 0 Å². The minimum Gasteiger partial charge on any atom is -0.465 e. The minimum absolute atomic E-state index is 0.154. The Balaban J connectivity index is 1.97. The van der Waals surface area contributed by atoms with Gasteiger partial charge in [0.05, 0.1) is 16.8 Å². The van der Waals surface area contributed by atoms with Gasteiger partial charge in [0.15, 0.2) is 0 Å². The zero-order valence-electron chi connectivity index (χ0n) is 13.1. The van der Waals surface area contributed by atoms with Crippen LogP contribution in [0.4, 0.5) is 14.9 Å². The molecule has 1 aromatic carbocycles. The molecular formula is C16H14Cl2FN3O3. The molecule has 25 heavy (non-hydrogen) atoms. The first kappa shape index (κ1) is 17.6. The highest BCUT2D eigenvalue weighted by Crippen LogP contribution is 2.36. The van der Waals surface area contributed by atoms with Crippen molar-refractivity contribution in [3.8, 4) is 0 Å². The largest absolute Gasteiger partial charge is 0.465 e. The molecule has 0 saturated carbocycles. The number of aromatic nitrogens is 1. The Bertz CT molecular complexity index is 869. The summed E-state index contributed by atoms with van der Waals surface area (Å²) >= 11 is 11.9. The smallest absolute Gasteiger partial charge is 0.405 e. The summed E-state index contributed by atoms with van der Waals surface area (Å²) in [4.78, 5) is 23.9. The maximum absolute atomic E-state index is 13.3. The lowest BCUT2D eigenvalue weighted by Crippen LogP contribution is -2.29. The molecule has 1 aromatic heterocycles. The molecule has 0 spiro atoms. The van der Waals surface area contributed by atoms with Crippen molar-refractivity contribution < 1.29 is 19.1 Å². The Morgan fingerprint density at radius 2 is 2.16 bits per heavy atom. The Hall–Kier alpha value is -2.25. The molecule has 0 saturated heterocycles. The lowest BCUT2D eigenvalue weighted by atomic mass is 10.1. The summed E-state index contributed by atoms with van der Waals surface area (Å²) < 4.78 is 15.8. The highest BCUT2D eigenvalue weighted by molar-refractivity contribution is 6.39. The van der Waals surface area contributed by atoms with E-state index in [2.05, 4.69) is 5.32 Å². The van der Waals surface area contributed by atoms with Crippen molar-refractivity contribution in [2.75, 3.05) is 4.42 Å². The van der Waals surface area contributed by atoms with Crippen LogP contribution in [0.5, 0.6) is 0 Å². The number of hydrogen-bond donors (Lipinski definition) is 2. The van der Waals surface area contributed by atoms with Crippen LogP contribution in [-0.2, 0) is 13.5 Å². The molecule has 0 bridgehead atoms. The first-order valence-electron chi connectivity index (χ1n) is 7.42. The monoisotopic (exact) mass is 385 g/mol. The van der Waals surface area contributed by atoms with E-state index in [-0.39, 0.29) is 16.4 Å². The number of carboxylic acid groups (broad SMARTS) is 1. The van der Waals surface area contributed by atoms with Gasteiger partial charge in [-0.25, -0.2) is 13.6 Å². The molecule has 1 heterocycles. The van der Waals surface area contributed by atoms with Crippen molar-refractivity contribution in [1.82, 2.24) is 9.88 Å². The van der Waals surface area contributed by atoms with Crippen molar-refractivity contribution in [3.05, 3.63) is 52.1 Å². The predicted octanol–water partition coefficient (Wildman–Crippen LogP) is 3.87. The number of amides is 2. The summed E-state index contributed by atoms with van der Waals surface area (Å²) in [7, 11) is 1.69. The highest BCUT2D eigenvalue weighted by atomic mass is 35.5. The second-order valence-electron chi connectivity index (χ2n) is 5.75. The fourth-order valence-electron chi connectivity index (χ4n) is 3.12. The second kappa shape index (κ2) is 6.57. The minimum atomic E-state index is -1.16. The quantitative estimate of drug-likeness (QED) is 0.787. The molecule has 9 heteroatoms. The number of nitrogens with one attached hydrogen (secondary N) is 1. The summed E-state index contributed by atoms with van der Waals surface area (Å²) in [6.45, 7) is 0. The molecule has 0 aliphatic heterocycles. The van der Waals surface area contributed by atoms with Crippen molar-refractivity contribution in [2.45, 2.75) is 18.9 Å². The molecular weight excluding hydrogens is 372 g/mol. The second-order valence-corrected chi connectivity index (χ2v) is 6.50. The van der Waals surface area contributed by atoms with Gasteiger partial charge in [-0.05, 0) is 36.6 Å². The molecule has 2 aromatic rings. The van der Waals surface area contributed by atoms with Crippen LogP contribution in [0.15, 0.2) is 24.4 Å². The molecule has 2 amide bonds. The van der Waals surface area contributed by atoms with Crippen molar-refractivity contribution in [2.24, 2.45) is 7.05 Å². The van der Waals surface area contributed by atoms with Crippen LogP contribution in [0.1, 0.15) is 34.1 Å². The first-order chi connectivity index (χ1) is 11.8. The molecule has 2 N–H and O–H groups in total. The fraction of sp³-hybridized carbons (Fsp3) is 0.250. The maximum Gasteiger partial charge on any atom is 0.405 e. The van der Waals surface area contributed by atoms with Crippen molar-refractivity contribution >= 4 is 41.1 Å². The van der Waals surface area contributed by atoms with E-state index in [0.29, 0.717) is 18.4 Å². The van der Waals surface area contributed by atoms with Gasteiger partial charge < -0.3 is 15.0 Å². The zero-order valence-corrected chi connectivity index (χ0v) is 14.6. The SMILES string of the molecule is Cn1cc2c(c1C(=O)N(Cl)c1ccc(F)c(Cl)c1)C(NC(=O)O)CC2. The van der Waals surface area contributed by atoms with E-state index in [4.69, 9.17) is 28.5 Å². The maximum atomic E-state index is 13.3. The molecule has 1 atom stereocenters. The standard InChI is InChI=1S/C16H14Cl2FN3O3/c1-21-7-8-2-5-12(20-16(24)25)13(8)14(21)15(23)22(18)9-3-4-11(19)10(17)6-9/h3-4,6-7,12,20H,2,5H2,1H3,(H,24,25). The lowest BCUT2D eigenvalue weighted by Gasteiger charge is -2.18. The molecule has 1 aliphatic rings. The van der Waals surface area contributed by atoms with E-state index in [1.165, 1.54) is 12.1 Å². The van der Waals surface area contributed by atoms with Gasteiger partial charge in [-0.2, -0.15) is 0 Å². The van der Waals surface area contributed by atoms with E-state index >= 15 is 0 Å². The molecule has 6 nitrogen and oxygen atoms in total. The first-order valence-corrected chi connectivity index (χ1v) is 8.14. The Kier molecular flexibility index (Phi) is 4.62. The third-order valence-corrected chi connectivity index (χ3v) is 4.80. The molecule has 0 fully saturated rings. The molecule has 3 rings (SSSR count). The summed E-state index contributed by atoms with van der Waals surface area (Å²) in [6.07, 6.45) is 1.86. The van der Waals surface area contributed by atoms with Crippen LogP contribution >= 0.6 is 23.4 Å². The van der Waals surface area contributed by atoms with Crippen LogP contribution < -0.4 is 9.74 Å². The number of carbonyl (C=O) groups is 2. The summed E-state index contributed by atoms with van der Waals surface area (Å²) in [5.74, 6) is -1.17. The van der Waals surface area contributed by atoms with Crippen LogP contribution in [0.3, 0.4) is 0 Å². The van der Waals surface area contributed by atoms with Gasteiger partial charge in [0.25, 0.3) is 5.91 Å². The van der Waals surface area contributed by atoms with Gasteiger partial charge in [0.1, 0.15) is 11.5 Å². The Morgan fingerprint density at radius 3 is 2.80 bits per heavy atom. The van der Waals surface area contributed by atoms with E-state index in [1.807, 2.05) is 0 Å². The van der Waals surface area contributed by atoms with Gasteiger partial charge in [-0.15, -0.1) is 0 Å². The Labute approximate surface area is 152 Å². The van der Waals surface area contributed by atoms with Crippen molar-refractivity contribution in [1.29, 1.82) is 0 Å². The van der Waals surface area contributed by atoms with Gasteiger partial charge in [-0.1, -0.05) is 11.6 Å². The number of fused-ring (bicyclic) bond motifs is 1. The summed E-state index contributed by atoms with van der Waals surface area (Å²) in [6, 6.07) is 3.22.